The number of rotatable bonds is 3. The van der Waals surface area contributed by atoms with E-state index in [-0.39, 0.29) is 17.9 Å². The summed E-state index contributed by atoms with van der Waals surface area (Å²) in [6, 6.07) is 1.73. The third-order valence-corrected chi connectivity index (χ3v) is 4.70. The van der Waals surface area contributed by atoms with E-state index in [0.717, 1.165) is 12.0 Å². The van der Waals surface area contributed by atoms with Gasteiger partial charge in [0.15, 0.2) is 0 Å². The molecule has 0 aliphatic carbocycles. The Bertz CT molecular complexity index is 457. The molecular formula is C14H19NO3S. The molecule has 1 aliphatic rings. The lowest BCUT2D eigenvalue weighted by Gasteiger charge is -2.38. The van der Waals surface area contributed by atoms with E-state index in [1.807, 2.05) is 30.7 Å². The van der Waals surface area contributed by atoms with Crippen LogP contribution >= 0.6 is 11.3 Å². The molecule has 4 nitrogen and oxygen atoms in total. The maximum atomic E-state index is 12.5. The van der Waals surface area contributed by atoms with Crippen LogP contribution in [0.3, 0.4) is 0 Å². The number of piperidine rings is 1. The first-order valence-corrected chi connectivity index (χ1v) is 7.52. The van der Waals surface area contributed by atoms with Crippen LogP contribution in [0, 0.1) is 5.92 Å². The summed E-state index contributed by atoms with van der Waals surface area (Å²) in [5, 5.41) is 13.1. The van der Waals surface area contributed by atoms with E-state index in [0.29, 0.717) is 13.0 Å². The van der Waals surface area contributed by atoms with Gasteiger partial charge < -0.3 is 10.0 Å². The molecule has 1 aliphatic heterocycles. The number of nitrogens with zero attached hydrogens (tertiary/aromatic N) is 1. The maximum absolute atomic E-state index is 12.5. The van der Waals surface area contributed by atoms with Crippen LogP contribution in [0.1, 0.15) is 38.2 Å². The van der Waals surface area contributed by atoms with Gasteiger partial charge in [-0.15, -0.1) is 0 Å². The molecule has 19 heavy (non-hydrogen) atoms. The van der Waals surface area contributed by atoms with Gasteiger partial charge in [-0.25, -0.2) is 0 Å². The molecule has 1 N–H and O–H groups in total. The first-order valence-electron chi connectivity index (χ1n) is 6.57. The minimum absolute atomic E-state index is 0.0388. The first kappa shape index (κ1) is 14.1. The third-order valence-electron chi connectivity index (χ3n) is 4.00. The minimum atomic E-state index is -0.798. The highest BCUT2D eigenvalue weighted by molar-refractivity contribution is 7.08. The Morgan fingerprint density at radius 2 is 2.26 bits per heavy atom. The van der Waals surface area contributed by atoms with Gasteiger partial charge in [-0.1, -0.05) is 0 Å². The lowest BCUT2D eigenvalue weighted by atomic mass is 9.89. The topological polar surface area (TPSA) is 57.6 Å². The summed E-state index contributed by atoms with van der Waals surface area (Å²) in [7, 11) is 0. The molecule has 0 saturated carbocycles. The van der Waals surface area contributed by atoms with Crippen LogP contribution in [-0.4, -0.2) is 34.5 Å². The first-order chi connectivity index (χ1) is 9.02. The van der Waals surface area contributed by atoms with Gasteiger partial charge in [0.25, 0.3) is 0 Å². The lowest BCUT2D eigenvalue weighted by Crippen LogP contribution is -2.50. The molecule has 1 amide bonds. The van der Waals surface area contributed by atoms with Crippen LogP contribution in [0.5, 0.6) is 0 Å². The number of thiophene rings is 1. The number of carboxylic acids is 1. The Kier molecular flexibility index (Phi) is 4.24. The zero-order valence-electron chi connectivity index (χ0n) is 11.2. The number of amides is 1. The van der Waals surface area contributed by atoms with Gasteiger partial charge in [0, 0.05) is 12.6 Å². The molecule has 2 heterocycles. The molecule has 1 unspecified atom stereocenters. The molecule has 0 aromatic carbocycles. The Hall–Kier alpha value is -1.36. The average molecular weight is 281 g/mol. The summed E-state index contributed by atoms with van der Waals surface area (Å²) >= 11 is 1.57. The van der Waals surface area contributed by atoms with Gasteiger partial charge in [-0.2, -0.15) is 11.3 Å². The van der Waals surface area contributed by atoms with Crippen molar-refractivity contribution in [1.29, 1.82) is 0 Å². The summed E-state index contributed by atoms with van der Waals surface area (Å²) in [5.41, 5.74) is 1.01. The van der Waals surface area contributed by atoms with E-state index in [9.17, 15) is 14.7 Å². The standard InChI is InChI=1S/C14H19NO3S/c1-9(11-5-7-19-8-11)13(16)15-6-3-4-12(10(15)2)14(17)18/h5,7-10,12H,3-4,6H2,1-2H3,(H,17,18)/t9?,10-,12-/m0/s1. The van der Waals surface area contributed by atoms with Gasteiger partial charge in [0.1, 0.15) is 0 Å². The van der Waals surface area contributed by atoms with Crippen LogP contribution in [-0.2, 0) is 9.59 Å². The monoisotopic (exact) mass is 281 g/mol. The molecule has 1 aromatic rings. The second-order valence-corrected chi connectivity index (χ2v) is 5.92. The minimum Gasteiger partial charge on any atom is -0.481 e. The summed E-state index contributed by atoms with van der Waals surface area (Å²) in [6.45, 7) is 4.40. The highest BCUT2D eigenvalue weighted by Crippen LogP contribution is 2.28. The number of hydrogen-bond donors (Lipinski definition) is 1. The Morgan fingerprint density at radius 1 is 1.53 bits per heavy atom. The summed E-state index contributed by atoms with van der Waals surface area (Å²) in [5.74, 6) is -1.39. The van der Waals surface area contributed by atoms with E-state index in [4.69, 9.17) is 0 Å². The molecule has 0 bridgehead atoms. The fraction of sp³-hybridized carbons (Fsp3) is 0.571. The van der Waals surface area contributed by atoms with Gasteiger partial charge in [0.2, 0.25) is 5.91 Å². The molecule has 2 rings (SSSR count). The fourth-order valence-electron chi connectivity index (χ4n) is 2.70. The number of carbonyl (C=O) groups excluding carboxylic acids is 1. The number of aliphatic carboxylic acids is 1. The molecule has 0 radical (unpaired) electrons. The second kappa shape index (κ2) is 5.74. The van der Waals surface area contributed by atoms with E-state index in [2.05, 4.69) is 0 Å². The van der Waals surface area contributed by atoms with Gasteiger partial charge in [-0.3, -0.25) is 9.59 Å². The highest BCUT2D eigenvalue weighted by atomic mass is 32.1. The summed E-state index contributed by atoms with van der Waals surface area (Å²) in [4.78, 5) is 25.4. The van der Waals surface area contributed by atoms with E-state index in [1.165, 1.54) is 0 Å². The number of carbonyl (C=O) groups is 2. The van der Waals surface area contributed by atoms with Crippen LogP contribution < -0.4 is 0 Å². The van der Waals surface area contributed by atoms with Crippen LogP contribution in [0.2, 0.25) is 0 Å². The Balaban J connectivity index is 2.12. The van der Waals surface area contributed by atoms with Crippen molar-refractivity contribution in [2.75, 3.05) is 6.54 Å². The highest BCUT2D eigenvalue weighted by Gasteiger charge is 2.36. The normalized spacial score (nSPS) is 25.1. The van der Waals surface area contributed by atoms with Crippen LogP contribution in [0.25, 0.3) is 0 Å². The summed E-state index contributed by atoms with van der Waals surface area (Å²) < 4.78 is 0. The van der Waals surface area contributed by atoms with E-state index in [1.54, 1.807) is 16.2 Å². The van der Waals surface area contributed by atoms with Crippen molar-refractivity contribution in [1.82, 2.24) is 4.90 Å². The predicted octanol–water partition coefficient (Wildman–Crippen LogP) is 2.56. The number of likely N-dealkylation sites (tertiary alicyclic amines) is 1. The second-order valence-electron chi connectivity index (χ2n) is 5.14. The quantitative estimate of drug-likeness (QED) is 0.926. The molecule has 1 aromatic heterocycles. The van der Waals surface area contributed by atoms with Gasteiger partial charge in [-0.05, 0) is 49.1 Å². The van der Waals surface area contributed by atoms with Crippen molar-refractivity contribution >= 4 is 23.2 Å². The van der Waals surface area contributed by atoms with Crippen LogP contribution in [0.4, 0.5) is 0 Å². The SMILES string of the molecule is CC(C(=O)N1CCC[C@H](C(=O)O)[C@@H]1C)c1ccsc1. The van der Waals surface area contributed by atoms with Crippen molar-refractivity contribution in [3.05, 3.63) is 22.4 Å². The Morgan fingerprint density at radius 3 is 2.84 bits per heavy atom. The number of carboxylic acid groups (broad SMARTS) is 1. The van der Waals surface area contributed by atoms with E-state index >= 15 is 0 Å². The zero-order chi connectivity index (χ0) is 14.0. The molecule has 1 fully saturated rings. The number of hydrogen-bond acceptors (Lipinski definition) is 3. The van der Waals surface area contributed by atoms with Crippen molar-refractivity contribution in [3.63, 3.8) is 0 Å². The van der Waals surface area contributed by atoms with Gasteiger partial charge >= 0.3 is 5.97 Å². The molecule has 104 valence electrons. The third kappa shape index (κ3) is 2.81. The Labute approximate surface area is 117 Å². The molecule has 5 heteroatoms. The average Bonchev–Trinajstić information content (AvgIpc) is 2.90. The molecular weight excluding hydrogens is 262 g/mol. The molecule has 1 saturated heterocycles. The lowest BCUT2D eigenvalue weighted by molar-refractivity contribution is -0.149. The predicted molar refractivity (Wildman–Crippen MR) is 74.3 cm³/mol. The van der Waals surface area contributed by atoms with Gasteiger partial charge in [0.05, 0.1) is 11.8 Å². The zero-order valence-corrected chi connectivity index (χ0v) is 12.0. The molecule has 3 atom stereocenters. The fourth-order valence-corrected chi connectivity index (χ4v) is 3.45. The van der Waals surface area contributed by atoms with E-state index < -0.39 is 11.9 Å². The van der Waals surface area contributed by atoms with Crippen molar-refractivity contribution in [3.8, 4) is 0 Å². The maximum Gasteiger partial charge on any atom is 0.308 e. The summed E-state index contributed by atoms with van der Waals surface area (Å²) in [6.07, 6.45) is 1.43. The van der Waals surface area contributed by atoms with Crippen LogP contribution in [0.15, 0.2) is 16.8 Å². The van der Waals surface area contributed by atoms with Crippen molar-refractivity contribution < 1.29 is 14.7 Å². The largest absolute Gasteiger partial charge is 0.481 e. The molecule has 0 spiro atoms. The van der Waals surface area contributed by atoms with Crippen molar-refractivity contribution in [2.24, 2.45) is 5.92 Å². The smallest absolute Gasteiger partial charge is 0.308 e. The van der Waals surface area contributed by atoms with Crippen molar-refractivity contribution in [2.45, 2.75) is 38.6 Å².